The molecular weight excluding hydrogens is 270 g/mol. The Kier molecular flexibility index (Phi) is 3.88. The average Bonchev–Trinajstić information content (AvgIpc) is 2.76. The van der Waals surface area contributed by atoms with Crippen LogP contribution in [0.4, 0.5) is 0 Å². The highest BCUT2D eigenvalue weighted by Crippen LogP contribution is 2.18. The van der Waals surface area contributed by atoms with Gasteiger partial charge in [0.25, 0.3) is 0 Å². The van der Waals surface area contributed by atoms with Gasteiger partial charge in [-0.1, -0.05) is 12.1 Å². The second kappa shape index (κ2) is 5.28. The van der Waals surface area contributed by atoms with Crippen molar-refractivity contribution in [1.29, 1.82) is 0 Å². The van der Waals surface area contributed by atoms with E-state index in [9.17, 15) is 18.3 Å². The Labute approximate surface area is 111 Å². The lowest BCUT2D eigenvalue weighted by Crippen LogP contribution is -2.30. The summed E-state index contributed by atoms with van der Waals surface area (Å²) < 4.78 is 25.4. The number of rotatable bonds is 4. The quantitative estimate of drug-likeness (QED) is 0.828. The minimum atomic E-state index is -3.51. The van der Waals surface area contributed by atoms with Gasteiger partial charge in [0.2, 0.25) is 10.0 Å². The molecule has 6 nitrogen and oxygen atoms in total. The molecule has 19 heavy (non-hydrogen) atoms. The summed E-state index contributed by atoms with van der Waals surface area (Å²) in [6.45, 7) is 0.420. The van der Waals surface area contributed by atoms with Gasteiger partial charge in [0, 0.05) is 13.1 Å². The van der Waals surface area contributed by atoms with E-state index in [1.165, 1.54) is 22.5 Å². The van der Waals surface area contributed by atoms with E-state index < -0.39 is 22.1 Å². The van der Waals surface area contributed by atoms with Crippen LogP contribution in [0.1, 0.15) is 22.3 Å². The van der Waals surface area contributed by atoms with Crippen LogP contribution in [0, 0.1) is 0 Å². The molecule has 0 amide bonds. The van der Waals surface area contributed by atoms with Gasteiger partial charge < -0.3 is 10.2 Å². The maximum Gasteiger partial charge on any atom is 0.335 e. The molecule has 0 spiro atoms. The summed E-state index contributed by atoms with van der Waals surface area (Å²) >= 11 is 0. The number of carboxylic acids is 1. The second-order valence-electron chi connectivity index (χ2n) is 4.56. The molecule has 1 fully saturated rings. The number of hydrogen-bond acceptors (Lipinski definition) is 4. The van der Waals surface area contributed by atoms with Crippen LogP contribution in [-0.4, -0.2) is 48.1 Å². The molecule has 0 saturated carbocycles. The van der Waals surface area contributed by atoms with E-state index in [1.54, 1.807) is 6.07 Å². The molecule has 1 unspecified atom stereocenters. The van der Waals surface area contributed by atoms with Crippen LogP contribution in [0.5, 0.6) is 0 Å². The number of hydrogen-bond donors (Lipinski definition) is 2. The van der Waals surface area contributed by atoms with Gasteiger partial charge in [-0.3, -0.25) is 0 Å². The largest absolute Gasteiger partial charge is 0.478 e. The summed E-state index contributed by atoms with van der Waals surface area (Å²) in [6, 6.07) is 5.87. The topological polar surface area (TPSA) is 94.9 Å². The molecule has 1 saturated heterocycles. The molecule has 1 aromatic carbocycles. The molecule has 7 heteroatoms. The third-order valence-corrected chi connectivity index (χ3v) is 4.86. The van der Waals surface area contributed by atoms with Crippen molar-refractivity contribution in [3.63, 3.8) is 0 Å². The van der Waals surface area contributed by atoms with Crippen LogP contribution >= 0.6 is 0 Å². The summed E-state index contributed by atoms with van der Waals surface area (Å²) in [5.74, 6) is -1.34. The van der Waals surface area contributed by atoms with Crippen molar-refractivity contribution < 1.29 is 23.4 Å². The lowest BCUT2D eigenvalue weighted by atomic mass is 10.1. The molecule has 104 valence electrons. The van der Waals surface area contributed by atoms with E-state index in [2.05, 4.69) is 0 Å². The van der Waals surface area contributed by atoms with Crippen LogP contribution < -0.4 is 0 Å². The fourth-order valence-corrected chi connectivity index (χ4v) is 3.63. The molecule has 1 aromatic rings. The third kappa shape index (κ3) is 3.31. The van der Waals surface area contributed by atoms with Crippen LogP contribution in [0.3, 0.4) is 0 Å². The van der Waals surface area contributed by atoms with Crippen molar-refractivity contribution in [2.24, 2.45) is 0 Å². The van der Waals surface area contributed by atoms with Gasteiger partial charge in [0.15, 0.2) is 0 Å². The zero-order chi connectivity index (χ0) is 14.0. The van der Waals surface area contributed by atoms with Crippen molar-refractivity contribution in [1.82, 2.24) is 4.31 Å². The molecule has 2 rings (SSSR count). The normalized spacial score (nSPS) is 20.6. The Morgan fingerprint density at radius 1 is 1.42 bits per heavy atom. The lowest BCUT2D eigenvalue weighted by molar-refractivity contribution is 0.0696. The molecule has 0 bridgehead atoms. The highest BCUT2D eigenvalue weighted by Gasteiger charge is 2.30. The van der Waals surface area contributed by atoms with Crippen LogP contribution in [0.25, 0.3) is 0 Å². The summed E-state index contributed by atoms with van der Waals surface area (Å²) in [4.78, 5) is 10.8. The van der Waals surface area contributed by atoms with E-state index in [4.69, 9.17) is 5.11 Å². The molecule has 0 aliphatic carbocycles. The first-order valence-electron chi connectivity index (χ1n) is 5.86. The number of benzene rings is 1. The Morgan fingerprint density at radius 3 is 2.74 bits per heavy atom. The highest BCUT2D eigenvalue weighted by atomic mass is 32.2. The van der Waals surface area contributed by atoms with E-state index in [0.29, 0.717) is 18.5 Å². The third-order valence-electron chi connectivity index (χ3n) is 3.04. The SMILES string of the molecule is O=C(O)c1cccc(CS(=O)(=O)N2CCC(O)C2)c1. The summed E-state index contributed by atoms with van der Waals surface area (Å²) in [7, 11) is -3.51. The number of aromatic carboxylic acids is 1. The monoisotopic (exact) mass is 285 g/mol. The fourth-order valence-electron chi connectivity index (χ4n) is 2.06. The van der Waals surface area contributed by atoms with Crippen LogP contribution in [0.2, 0.25) is 0 Å². The molecule has 1 aliphatic heterocycles. The van der Waals surface area contributed by atoms with E-state index >= 15 is 0 Å². The molecule has 1 atom stereocenters. The van der Waals surface area contributed by atoms with Crippen LogP contribution in [-0.2, 0) is 15.8 Å². The molecule has 0 aromatic heterocycles. The molecule has 1 heterocycles. The van der Waals surface area contributed by atoms with Crippen molar-refractivity contribution in [3.8, 4) is 0 Å². The molecule has 0 radical (unpaired) electrons. The predicted octanol–water partition coefficient (Wildman–Crippen LogP) is 0.281. The van der Waals surface area contributed by atoms with Crippen molar-refractivity contribution in [3.05, 3.63) is 35.4 Å². The van der Waals surface area contributed by atoms with Gasteiger partial charge in [-0.2, -0.15) is 4.31 Å². The zero-order valence-electron chi connectivity index (χ0n) is 10.2. The summed E-state index contributed by atoms with van der Waals surface area (Å²) in [6.07, 6.45) is -0.172. The molecular formula is C12H15NO5S. The first-order chi connectivity index (χ1) is 8.88. The Hall–Kier alpha value is -1.44. The first kappa shape index (κ1) is 14.0. The van der Waals surface area contributed by atoms with E-state index in [0.717, 1.165) is 0 Å². The van der Waals surface area contributed by atoms with Crippen molar-refractivity contribution in [2.75, 3.05) is 13.1 Å². The van der Waals surface area contributed by atoms with Gasteiger partial charge in [-0.25, -0.2) is 13.2 Å². The maximum atomic E-state index is 12.1. The number of sulfonamides is 1. The number of nitrogens with zero attached hydrogens (tertiary/aromatic N) is 1. The fraction of sp³-hybridized carbons (Fsp3) is 0.417. The summed E-state index contributed by atoms with van der Waals surface area (Å²) in [5.41, 5.74) is 0.496. The lowest BCUT2D eigenvalue weighted by Gasteiger charge is -2.15. The summed E-state index contributed by atoms with van der Waals surface area (Å²) in [5, 5.41) is 18.2. The Balaban J connectivity index is 2.16. The molecule has 2 N–H and O–H groups in total. The van der Waals surface area contributed by atoms with Crippen LogP contribution in [0.15, 0.2) is 24.3 Å². The van der Waals surface area contributed by atoms with Gasteiger partial charge in [0.05, 0.1) is 17.4 Å². The molecule has 1 aliphatic rings. The van der Waals surface area contributed by atoms with Gasteiger partial charge in [-0.05, 0) is 24.1 Å². The Morgan fingerprint density at radius 2 is 2.16 bits per heavy atom. The number of aliphatic hydroxyl groups excluding tert-OH is 1. The van der Waals surface area contributed by atoms with E-state index in [-0.39, 0.29) is 17.9 Å². The number of β-amino-alcohol motifs (C(OH)–C–C–N with tert-alkyl or cyclic N) is 1. The minimum absolute atomic E-state index is 0.0640. The zero-order valence-corrected chi connectivity index (χ0v) is 11.0. The highest BCUT2D eigenvalue weighted by molar-refractivity contribution is 7.88. The predicted molar refractivity (Wildman–Crippen MR) is 68.2 cm³/mol. The smallest absolute Gasteiger partial charge is 0.335 e. The standard InChI is InChI=1S/C12H15NO5S/c14-11-4-5-13(7-11)19(17,18)8-9-2-1-3-10(6-9)12(15)16/h1-3,6,11,14H,4-5,7-8H2,(H,15,16). The average molecular weight is 285 g/mol. The van der Waals surface area contributed by atoms with Gasteiger partial charge in [-0.15, -0.1) is 0 Å². The van der Waals surface area contributed by atoms with Crippen molar-refractivity contribution >= 4 is 16.0 Å². The minimum Gasteiger partial charge on any atom is -0.478 e. The van der Waals surface area contributed by atoms with Gasteiger partial charge >= 0.3 is 5.97 Å². The first-order valence-corrected chi connectivity index (χ1v) is 7.47. The van der Waals surface area contributed by atoms with Crippen molar-refractivity contribution in [2.45, 2.75) is 18.3 Å². The van der Waals surface area contributed by atoms with Gasteiger partial charge in [0.1, 0.15) is 0 Å². The number of carboxylic acid groups (broad SMARTS) is 1. The Bertz CT molecular complexity index is 584. The van der Waals surface area contributed by atoms with E-state index in [1.807, 2.05) is 0 Å². The maximum absolute atomic E-state index is 12.1. The second-order valence-corrected chi connectivity index (χ2v) is 6.53. The number of aliphatic hydroxyl groups is 1. The number of carbonyl (C=O) groups is 1.